The molecule has 24 heavy (non-hydrogen) atoms. The van der Waals surface area contributed by atoms with Gasteiger partial charge in [0.25, 0.3) is 0 Å². The fourth-order valence-electron chi connectivity index (χ4n) is 2.50. The van der Waals surface area contributed by atoms with Crippen molar-refractivity contribution < 1.29 is 22.4 Å². The maximum absolute atomic E-state index is 14.1. The van der Waals surface area contributed by atoms with Gasteiger partial charge in [-0.2, -0.15) is 13.2 Å². The average molecular weight is 353 g/mol. The van der Waals surface area contributed by atoms with Crippen LogP contribution in [0.5, 0.6) is 0 Å². The number of carbonyl (C=O) groups excluding carboxylic acids is 1. The summed E-state index contributed by atoms with van der Waals surface area (Å²) >= 11 is 1.01. The largest absolute Gasteiger partial charge is 0.416 e. The Hall–Kier alpha value is -2.28. The molecule has 2 aromatic rings. The Kier molecular flexibility index (Phi) is 4.13. The van der Waals surface area contributed by atoms with Crippen LogP contribution in [0.15, 0.2) is 53.6 Å². The van der Waals surface area contributed by atoms with Gasteiger partial charge in [-0.1, -0.05) is 42.1 Å². The molecule has 1 heterocycles. The number of hydrogen-bond donors (Lipinski definition) is 1. The normalized spacial score (nSPS) is 18.3. The Morgan fingerprint density at radius 2 is 1.71 bits per heavy atom. The van der Waals surface area contributed by atoms with Crippen molar-refractivity contribution in [3.05, 3.63) is 76.1 Å². The molecule has 2 nitrogen and oxygen atoms in total. The first-order valence-corrected chi connectivity index (χ1v) is 7.79. The Morgan fingerprint density at radius 3 is 2.33 bits per heavy atom. The van der Waals surface area contributed by atoms with E-state index in [0.717, 1.165) is 11.8 Å². The van der Waals surface area contributed by atoms with Crippen molar-refractivity contribution in [2.24, 2.45) is 5.73 Å². The highest BCUT2D eigenvalue weighted by Crippen LogP contribution is 2.47. The van der Waals surface area contributed by atoms with E-state index in [1.165, 1.54) is 0 Å². The molecule has 0 aliphatic carbocycles. The number of allylic oxidation sites excluding steroid dienone is 1. The van der Waals surface area contributed by atoms with Gasteiger partial charge in [0.15, 0.2) is 5.78 Å². The number of hydrogen-bond acceptors (Lipinski definition) is 3. The summed E-state index contributed by atoms with van der Waals surface area (Å²) in [6, 6.07) is 10.6. The third-order valence-corrected chi connectivity index (χ3v) is 4.82. The number of halogens is 4. The van der Waals surface area contributed by atoms with Crippen molar-refractivity contribution >= 4 is 23.1 Å². The van der Waals surface area contributed by atoms with Crippen LogP contribution in [0, 0.1) is 5.82 Å². The van der Waals surface area contributed by atoms with Crippen LogP contribution in [0.2, 0.25) is 0 Å². The molecule has 0 spiro atoms. The zero-order valence-corrected chi connectivity index (χ0v) is 12.9. The maximum atomic E-state index is 14.1. The third-order valence-electron chi connectivity index (χ3n) is 3.64. The summed E-state index contributed by atoms with van der Waals surface area (Å²) in [5, 5.41) is -0.665. The number of thioether (sulfide) groups is 1. The summed E-state index contributed by atoms with van der Waals surface area (Å²) < 4.78 is 52.7. The lowest BCUT2D eigenvalue weighted by molar-refractivity contribution is -0.137. The second-order valence-corrected chi connectivity index (χ2v) is 6.35. The molecule has 2 N–H and O–H groups in total. The predicted molar refractivity (Wildman–Crippen MR) is 84.3 cm³/mol. The smallest absolute Gasteiger partial charge is 0.393 e. The molecule has 3 rings (SSSR count). The number of ketones is 1. The molecule has 7 heteroatoms. The monoisotopic (exact) mass is 353 g/mol. The van der Waals surface area contributed by atoms with Crippen LogP contribution in [0.4, 0.5) is 17.6 Å². The summed E-state index contributed by atoms with van der Waals surface area (Å²) in [4.78, 5) is 12.6. The first-order chi connectivity index (χ1) is 11.3. The van der Waals surface area contributed by atoms with Gasteiger partial charge in [-0.25, -0.2) is 4.39 Å². The molecule has 0 saturated carbocycles. The molecule has 124 valence electrons. The minimum atomic E-state index is -4.63. The molecule has 0 amide bonds. The molecule has 1 unspecified atom stereocenters. The second kappa shape index (κ2) is 5.98. The second-order valence-electron chi connectivity index (χ2n) is 5.20. The van der Waals surface area contributed by atoms with E-state index >= 15 is 0 Å². The van der Waals surface area contributed by atoms with E-state index in [-0.39, 0.29) is 10.6 Å². The SMILES string of the molecule is NC1=C(c2cc(C(F)(F)F)ccc2F)C(=O)C(c2ccccc2)S1. The van der Waals surface area contributed by atoms with Crippen molar-refractivity contribution in [1.82, 2.24) is 0 Å². The van der Waals surface area contributed by atoms with E-state index in [1.807, 2.05) is 0 Å². The van der Waals surface area contributed by atoms with E-state index in [9.17, 15) is 22.4 Å². The highest BCUT2D eigenvalue weighted by molar-refractivity contribution is 8.04. The van der Waals surface area contributed by atoms with Crippen LogP contribution >= 0.6 is 11.8 Å². The fourth-order valence-corrected chi connectivity index (χ4v) is 3.60. The summed E-state index contributed by atoms with van der Waals surface area (Å²) in [7, 11) is 0. The highest BCUT2D eigenvalue weighted by Gasteiger charge is 2.38. The van der Waals surface area contributed by atoms with Gasteiger partial charge in [0.2, 0.25) is 0 Å². The lowest BCUT2D eigenvalue weighted by atomic mass is 9.96. The average Bonchev–Trinajstić information content (AvgIpc) is 2.83. The van der Waals surface area contributed by atoms with Gasteiger partial charge in [-0.05, 0) is 23.8 Å². The molecular formula is C17H11F4NOS. The quantitative estimate of drug-likeness (QED) is 0.807. The molecular weight excluding hydrogens is 342 g/mol. The minimum absolute atomic E-state index is 0.0204. The predicted octanol–water partition coefficient (Wildman–Crippen LogP) is 4.53. The molecule has 2 aromatic carbocycles. The number of carbonyl (C=O) groups is 1. The van der Waals surface area contributed by atoms with Crippen molar-refractivity contribution in [2.75, 3.05) is 0 Å². The van der Waals surface area contributed by atoms with Crippen molar-refractivity contribution in [2.45, 2.75) is 11.4 Å². The Bertz CT molecular complexity index is 830. The van der Waals surface area contributed by atoms with Crippen molar-refractivity contribution in [3.63, 3.8) is 0 Å². The summed E-state index contributed by atoms with van der Waals surface area (Å²) in [6.45, 7) is 0. The van der Waals surface area contributed by atoms with Crippen LogP contribution in [0.1, 0.15) is 21.9 Å². The van der Waals surface area contributed by atoms with Gasteiger partial charge in [0, 0.05) is 5.56 Å². The van der Waals surface area contributed by atoms with Crippen molar-refractivity contribution in [1.29, 1.82) is 0 Å². The number of rotatable bonds is 2. The minimum Gasteiger partial charge on any atom is -0.393 e. The van der Waals surface area contributed by atoms with Crippen LogP contribution < -0.4 is 5.73 Å². The Labute approximate surface area is 139 Å². The molecule has 0 bridgehead atoms. The standard InChI is InChI=1S/C17H11F4NOS/c18-12-7-6-10(17(19,20)21)8-11(12)13-14(23)15(24-16(13)22)9-4-2-1-3-5-9/h1-8,15H,22H2. The van der Waals surface area contributed by atoms with Crippen LogP contribution in [-0.4, -0.2) is 5.78 Å². The molecule has 0 saturated heterocycles. The van der Waals surface area contributed by atoms with Gasteiger partial charge < -0.3 is 5.73 Å². The van der Waals surface area contributed by atoms with Gasteiger partial charge in [-0.3, -0.25) is 4.79 Å². The lowest BCUT2D eigenvalue weighted by Gasteiger charge is -2.11. The van der Waals surface area contributed by atoms with Gasteiger partial charge in [0.05, 0.1) is 21.4 Å². The van der Waals surface area contributed by atoms with E-state index < -0.39 is 34.2 Å². The molecule has 0 radical (unpaired) electrons. The first-order valence-electron chi connectivity index (χ1n) is 6.91. The van der Waals surface area contributed by atoms with Crippen LogP contribution in [-0.2, 0) is 11.0 Å². The van der Waals surface area contributed by atoms with Crippen molar-refractivity contribution in [3.8, 4) is 0 Å². The third kappa shape index (κ3) is 2.91. The zero-order chi connectivity index (χ0) is 17.5. The Morgan fingerprint density at radius 1 is 1.04 bits per heavy atom. The summed E-state index contributed by atoms with van der Waals surface area (Å²) in [5.74, 6) is -1.41. The molecule has 1 aliphatic rings. The van der Waals surface area contributed by atoms with Crippen LogP contribution in [0.3, 0.4) is 0 Å². The van der Waals surface area contributed by atoms with Gasteiger partial charge >= 0.3 is 6.18 Å². The van der Waals surface area contributed by atoms with E-state index in [2.05, 4.69) is 0 Å². The number of Topliss-reactive ketones (excluding diaryl/α,β-unsaturated/α-hetero) is 1. The molecule has 1 aliphatic heterocycles. The first kappa shape index (κ1) is 16.6. The zero-order valence-electron chi connectivity index (χ0n) is 12.1. The lowest BCUT2D eigenvalue weighted by Crippen LogP contribution is -2.10. The number of nitrogens with two attached hydrogens (primary N) is 1. The topological polar surface area (TPSA) is 43.1 Å². The van der Waals surface area contributed by atoms with E-state index in [0.29, 0.717) is 23.8 Å². The number of benzene rings is 2. The van der Waals surface area contributed by atoms with E-state index in [4.69, 9.17) is 5.73 Å². The maximum Gasteiger partial charge on any atom is 0.416 e. The Balaban J connectivity index is 2.04. The molecule has 0 aromatic heterocycles. The fraction of sp³-hybridized carbons (Fsp3) is 0.118. The van der Waals surface area contributed by atoms with Gasteiger partial charge in [0.1, 0.15) is 5.82 Å². The van der Waals surface area contributed by atoms with Crippen LogP contribution in [0.25, 0.3) is 5.57 Å². The summed E-state index contributed by atoms with van der Waals surface area (Å²) in [5.41, 5.74) is 4.85. The number of alkyl halides is 3. The molecule has 0 fully saturated rings. The highest BCUT2D eigenvalue weighted by atomic mass is 32.2. The van der Waals surface area contributed by atoms with E-state index in [1.54, 1.807) is 30.3 Å². The van der Waals surface area contributed by atoms with Gasteiger partial charge in [-0.15, -0.1) is 0 Å². The summed E-state index contributed by atoms with van der Waals surface area (Å²) in [6.07, 6.45) is -4.63. The molecule has 1 atom stereocenters.